The lowest BCUT2D eigenvalue weighted by molar-refractivity contribution is 0.410. The minimum Gasteiger partial charge on any atom is -0.496 e. The lowest BCUT2D eigenvalue weighted by Crippen LogP contribution is -2.31. The van der Waals surface area contributed by atoms with Gasteiger partial charge in [0.1, 0.15) is 23.2 Å². The van der Waals surface area contributed by atoms with Crippen LogP contribution in [0.15, 0.2) is 23.1 Å². The van der Waals surface area contributed by atoms with Crippen molar-refractivity contribution in [2.24, 2.45) is 0 Å². The molecule has 0 unspecified atom stereocenters. The summed E-state index contributed by atoms with van der Waals surface area (Å²) in [6, 6.07) is 5.19. The number of rotatable bonds is 8. The highest BCUT2D eigenvalue weighted by Gasteiger charge is 2.19. The number of sulfonamides is 1. The molecule has 8 nitrogen and oxygen atoms in total. The maximum atomic E-state index is 12.7. The van der Waals surface area contributed by atoms with Crippen molar-refractivity contribution in [1.82, 2.24) is 14.7 Å². The van der Waals surface area contributed by atoms with Gasteiger partial charge in [0.2, 0.25) is 10.0 Å². The van der Waals surface area contributed by atoms with Gasteiger partial charge in [-0.25, -0.2) is 23.1 Å². The third-order valence-corrected chi connectivity index (χ3v) is 7.03. The van der Waals surface area contributed by atoms with E-state index in [0.29, 0.717) is 29.5 Å². The van der Waals surface area contributed by atoms with Crippen LogP contribution in [0.3, 0.4) is 0 Å². The number of benzene rings is 1. The molecule has 3 rings (SSSR count). The number of piperidine rings is 1. The fraction of sp³-hybridized carbons (Fsp3) is 0.524. The van der Waals surface area contributed by atoms with E-state index in [9.17, 15) is 8.42 Å². The zero-order valence-electron chi connectivity index (χ0n) is 18.2. The molecular weight excluding hydrogens is 402 g/mol. The Morgan fingerprint density at radius 1 is 1.03 bits per heavy atom. The first-order chi connectivity index (χ1) is 14.3. The van der Waals surface area contributed by atoms with Crippen molar-refractivity contribution in [3.63, 3.8) is 0 Å². The van der Waals surface area contributed by atoms with Gasteiger partial charge >= 0.3 is 0 Å². The Labute approximate surface area is 179 Å². The normalized spacial score (nSPS) is 14.6. The summed E-state index contributed by atoms with van der Waals surface area (Å²) >= 11 is 0. The van der Waals surface area contributed by atoms with Crippen LogP contribution < -0.4 is 19.7 Å². The van der Waals surface area contributed by atoms with Crippen LogP contribution in [-0.2, 0) is 10.0 Å². The number of ether oxygens (including phenoxy) is 1. The molecule has 0 spiro atoms. The predicted molar refractivity (Wildman–Crippen MR) is 119 cm³/mol. The number of hydrogen-bond donors (Lipinski definition) is 2. The van der Waals surface area contributed by atoms with Crippen molar-refractivity contribution < 1.29 is 13.2 Å². The van der Waals surface area contributed by atoms with Crippen LogP contribution in [-0.4, -0.2) is 51.7 Å². The molecule has 1 aliphatic heterocycles. The Hall–Kier alpha value is -2.39. The summed E-state index contributed by atoms with van der Waals surface area (Å²) < 4.78 is 33.4. The number of aryl methyl sites for hydroxylation is 1. The highest BCUT2D eigenvalue weighted by Crippen LogP contribution is 2.26. The summed E-state index contributed by atoms with van der Waals surface area (Å²) in [7, 11) is -2.04. The van der Waals surface area contributed by atoms with Crippen molar-refractivity contribution in [2.45, 2.75) is 44.9 Å². The molecule has 0 bridgehead atoms. The van der Waals surface area contributed by atoms with Crippen LogP contribution in [0.1, 0.15) is 36.2 Å². The van der Waals surface area contributed by atoms with Crippen molar-refractivity contribution in [3.8, 4) is 5.75 Å². The van der Waals surface area contributed by atoms with Gasteiger partial charge in [0.25, 0.3) is 0 Å². The fourth-order valence-electron chi connectivity index (χ4n) is 3.66. The summed E-state index contributed by atoms with van der Waals surface area (Å²) in [6.07, 6.45) is 3.62. The average Bonchev–Trinajstić information content (AvgIpc) is 2.73. The van der Waals surface area contributed by atoms with Crippen LogP contribution in [0.4, 0.5) is 11.6 Å². The summed E-state index contributed by atoms with van der Waals surface area (Å²) in [4.78, 5) is 11.5. The number of nitrogens with zero attached hydrogens (tertiary/aromatic N) is 3. The Balaban J connectivity index is 1.60. The average molecular weight is 434 g/mol. The molecule has 30 heavy (non-hydrogen) atoms. The molecule has 0 amide bonds. The molecule has 1 saturated heterocycles. The second kappa shape index (κ2) is 9.61. The molecule has 1 aliphatic rings. The van der Waals surface area contributed by atoms with Gasteiger partial charge in [-0.1, -0.05) is 0 Å². The summed E-state index contributed by atoms with van der Waals surface area (Å²) in [5.41, 5.74) is 1.51. The van der Waals surface area contributed by atoms with E-state index in [2.05, 4.69) is 24.9 Å². The molecule has 0 radical (unpaired) electrons. The molecule has 2 aromatic rings. The van der Waals surface area contributed by atoms with Gasteiger partial charge < -0.3 is 15.0 Å². The van der Waals surface area contributed by atoms with E-state index in [1.165, 1.54) is 19.3 Å². The molecule has 1 aromatic heterocycles. The van der Waals surface area contributed by atoms with Gasteiger partial charge in [-0.2, -0.15) is 0 Å². The number of nitrogens with one attached hydrogen (secondary N) is 2. The van der Waals surface area contributed by atoms with Crippen molar-refractivity contribution in [1.29, 1.82) is 0 Å². The number of hydrogen-bond acceptors (Lipinski definition) is 7. The smallest absolute Gasteiger partial charge is 0.240 e. The number of anilines is 2. The maximum absolute atomic E-state index is 12.7. The minimum absolute atomic E-state index is 0.245. The fourth-order valence-corrected chi connectivity index (χ4v) is 4.99. The zero-order chi connectivity index (χ0) is 21.7. The van der Waals surface area contributed by atoms with Gasteiger partial charge in [0, 0.05) is 32.2 Å². The minimum atomic E-state index is -3.61. The third kappa shape index (κ3) is 5.20. The Morgan fingerprint density at radius 3 is 2.47 bits per heavy atom. The van der Waals surface area contributed by atoms with Crippen molar-refractivity contribution in [2.75, 3.05) is 43.5 Å². The maximum Gasteiger partial charge on any atom is 0.240 e. The van der Waals surface area contributed by atoms with E-state index in [4.69, 9.17) is 4.74 Å². The second-order valence-electron chi connectivity index (χ2n) is 7.55. The largest absolute Gasteiger partial charge is 0.496 e. The molecule has 1 fully saturated rings. The third-order valence-electron chi connectivity index (χ3n) is 5.42. The quantitative estimate of drug-likeness (QED) is 0.618. The topological polar surface area (TPSA) is 96.5 Å². The van der Waals surface area contributed by atoms with Gasteiger partial charge in [-0.3, -0.25) is 0 Å². The van der Waals surface area contributed by atoms with Crippen LogP contribution in [0.5, 0.6) is 5.75 Å². The molecule has 2 heterocycles. The predicted octanol–water partition coefficient (Wildman–Crippen LogP) is 2.79. The lowest BCUT2D eigenvalue weighted by Gasteiger charge is -2.28. The monoisotopic (exact) mass is 433 g/mol. The van der Waals surface area contributed by atoms with Crippen molar-refractivity contribution >= 4 is 21.7 Å². The van der Waals surface area contributed by atoms with Crippen LogP contribution in [0.25, 0.3) is 0 Å². The van der Waals surface area contributed by atoms with E-state index in [0.717, 1.165) is 24.5 Å². The Bertz CT molecular complexity index is 988. The molecule has 2 N–H and O–H groups in total. The summed E-state index contributed by atoms with van der Waals surface area (Å²) in [5.74, 6) is 3.01. The van der Waals surface area contributed by atoms with Gasteiger partial charge in [0.05, 0.1) is 12.0 Å². The molecular formula is C21H31N5O3S. The first-order valence-corrected chi connectivity index (χ1v) is 11.8. The van der Waals surface area contributed by atoms with E-state index < -0.39 is 10.0 Å². The SMILES string of the molecule is COc1ccc(S(=O)(=O)NCCNc2cc(N3CCCCC3)nc(C)n2)c(C)c1C. The highest BCUT2D eigenvalue weighted by molar-refractivity contribution is 7.89. The number of aromatic nitrogens is 2. The van der Waals surface area contributed by atoms with Gasteiger partial charge in [-0.05, 0) is 63.3 Å². The first-order valence-electron chi connectivity index (χ1n) is 10.3. The standard InChI is InChI=1S/C21H31N5O3S/c1-15-16(2)19(9-8-18(15)29-4)30(27,28)23-11-10-22-20-14-21(25-17(3)24-20)26-12-6-5-7-13-26/h8-9,14,23H,5-7,10-13H2,1-4H3,(H,22,24,25). The molecule has 164 valence electrons. The Morgan fingerprint density at radius 2 is 1.77 bits per heavy atom. The van der Waals surface area contributed by atoms with E-state index >= 15 is 0 Å². The van der Waals surface area contributed by atoms with Crippen LogP contribution in [0.2, 0.25) is 0 Å². The zero-order valence-corrected chi connectivity index (χ0v) is 19.0. The molecule has 0 saturated carbocycles. The van der Waals surface area contributed by atoms with Crippen LogP contribution in [0, 0.1) is 20.8 Å². The van der Waals surface area contributed by atoms with E-state index in [1.807, 2.05) is 19.9 Å². The van der Waals surface area contributed by atoms with Crippen molar-refractivity contribution in [3.05, 3.63) is 35.2 Å². The lowest BCUT2D eigenvalue weighted by atomic mass is 10.1. The summed E-state index contributed by atoms with van der Waals surface area (Å²) in [5, 5.41) is 3.21. The molecule has 9 heteroatoms. The van der Waals surface area contributed by atoms with Gasteiger partial charge in [-0.15, -0.1) is 0 Å². The van der Waals surface area contributed by atoms with Gasteiger partial charge in [0.15, 0.2) is 0 Å². The second-order valence-corrected chi connectivity index (χ2v) is 9.28. The van der Waals surface area contributed by atoms with Crippen LogP contribution >= 0.6 is 0 Å². The first kappa shape index (κ1) is 22.3. The molecule has 0 atom stereocenters. The number of methoxy groups -OCH3 is 1. The van der Waals surface area contributed by atoms with E-state index in [-0.39, 0.29) is 11.4 Å². The Kier molecular flexibility index (Phi) is 7.14. The summed E-state index contributed by atoms with van der Waals surface area (Å²) in [6.45, 7) is 8.20. The molecule has 1 aromatic carbocycles. The molecule has 0 aliphatic carbocycles. The highest BCUT2D eigenvalue weighted by atomic mass is 32.2. The van der Waals surface area contributed by atoms with E-state index in [1.54, 1.807) is 26.2 Å².